The van der Waals surface area contributed by atoms with Crippen LogP contribution in [0, 0.1) is 0 Å². The Morgan fingerprint density at radius 2 is 1.82 bits per heavy atom. The first-order chi connectivity index (χ1) is 8.35. The molecule has 0 fully saturated rings. The highest BCUT2D eigenvalue weighted by molar-refractivity contribution is 5.37. The maximum atomic E-state index is 9.16. The Morgan fingerprint density at radius 3 is 2.59 bits per heavy atom. The normalized spacial score (nSPS) is 10.2. The summed E-state index contributed by atoms with van der Waals surface area (Å²) in [6.07, 6.45) is 2.83. The molecule has 2 N–H and O–H groups in total. The quantitative estimate of drug-likeness (QED) is 0.829. The molecule has 0 aliphatic rings. The van der Waals surface area contributed by atoms with Gasteiger partial charge in [0, 0.05) is 11.8 Å². The first kappa shape index (κ1) is 11.5. The van der Waals surface area contributed by atoms with Gasteiger partial charge in [-0.3, -0.25) is 0 Å². The summed E-state index contributed by atoms with van der Waals surface area (Å²) in [4.78, 5) is 7.75. The van der Waals surface area contributed by atoms with Gasteiger partial charge in [0.25, 0.3) is 0 Å². The van der Waals surface area contributed by atoms with Gasteiger partial charge < -0.3 is 14.9 Å². The van der Waals surface area contributed by atoms with Crippen molar-refractivity contribution in [1.29, 1.82) is 0 Å². The van der Waals surface area contributed by atoms with Crippen molar-refractivity contribution < 1.29 is 14.9 Å². The van der Waals surface area contributed by atoms with Gasteiger partial charge in [0.15, 0.2) is 0 Å². The molecular formula is C12H12N2O3. The summed E-state index contributed by atoms with van der Waals surface area (Å²) < 4.78 is 5.55. The fraction of sp³-hybridized carbons (Fsp3) is 0.167. The van der Waals surface area contributed by atoms with Crippen LogP contribution in [0.5, 0.6) is 11.6 Å². The van der Waals surface area contributed by atoms with Gasteiger partial charge in [0.1, 0.15) is 12.1 Å². The van der Waals surface area contributed by atoms with Crippen molar-refractivity contribution in [2.24, 2.45) is 0 Å². The Kier molecular flexibility index (Phi) is 3.64. The van der Waals surface area contributed by atoms with Crippen molar-refractivity contribution in [3.8, 4) is 11.6 Å². The van der Waals surface area contributed by atoms with Crippen LogP contribution >= 0.6 is 0 Å². The minimum absolute atomic E-state index is 0.115. The van der Waals surface area contributed by atoms with Crippen LogP contribution in [-0.2, 0) is 13.2 Å². The van der Waals surface area contributed by atoms with E-state index in [1.54, 1.807) is 18.2 Å². The predicted octanol–water partition coefficient (Wildman–Crippen LogP) is 1.25. The zero-order valence-corrected chi connectivity index (χ0v) is 9.08. The van der Waals surface area contributed by atoms with Crippen LogP contribution < -0.4 is 4.74 Å². The summed E-state index contributed by atoms with van der Waals surface area (Å²) in [5.41, 5.74) is 1.16. The smallest absolute Gasteiger partial charge is 0.227 e. The van der Waals surface area contributed by atoms with Crippen LogP contribution in [0.15, 0.2) is 36.8 Å². The first-order valence-electron chi connectivity index (χ1n) is 5.11. The van der Waals surface area contributed by atoms with E-state index < -0.39 is 0 Å². The Hall–Kier alpha value is -1.98. The minimum atomic E-state index is -0.197. The zero-order chi connectivity index (χ0) is 12.1. The topological polar surface area (TPSA) is 75.5 Å². The molecule has 0 bridgehead atoms. The molecule has 0 aliphatic heterocycles. The molecule has 2 aromatic rings. The fourth-order valence-electron chi connectivity index (χ4n) is 1.39. The number of hydrogen-bond acceptors (Lipinski definition) is 5. The number of aliphatic hydroxyl groups is 2. The lowest BCUT2D eigenvalue weighted by atomic mass is 10.2. The van der Waals surface area contributed by atoms with Gasteiger partial charge in [-0.25, -0.2) is 9.97 Å². The molecule has 1 aromatic carbocycles. The summed E-state index contributed by atoms with van der Waals surface area (Å²) in [5, 5.41) is 18.3. The molecule has 1 aromatic heterocycles. The minimum Gasteiger partial charge on any atom is -0.438 e. The Labute approximate surface area is 98.4 Å². The van der Waals surface area contributed by atoms with E-state index in [0.29, 0.717) is 22.8 Å². The summed E-state index contributed by atoms with van der Waals surface area (Å²) in [7, 11) is 0. The Balaban J connectivity index is 2.31. The first-order valence-corrected chi connectivity index (χ1v) is 5.11. The van der Waals surface area contributed by atoms with Gasteiger partial charge in [-0.05, 0) is 6.07 Å². The molecule has 88 valence electrons. The Morgan fingerprint density at radius 1 is 1.06 bits per heavy atom. The van der Waals surface area contributed by atoms with E-state index in [2.05, 4.69) is 9.97 Å². The van der Waals surface area contributed by atoms with Crippen molar-refractivity contribution in [1.82, 2.24) is 9.97 Å². The highest BCUT2D eigenvalue weighted by Crippen LogP contribution is 2.25. The van der Waals surface area contributed by atoms with Crippen LogP contribution in [0.25, 0.3) is 0 Å². The van der Waals surface area contributed by atoms with Crippen LogP contribution in [0.1, 0.15) is 11.1 Å². The standard InChI is InChI=1S/C12H12N2O3/c15-6-9-3-1-2-4-11(9)17-12-10(7-16)5-13-8-14-12/h1-5,8,15-16H,6-7H2. The van der Waals surface area contributed by atoms with E-state index in [9.17, 15) is 0 Å². The molecule has 0 aliphatic carbocycles. The van der Waals surface area contributed by atoms with Gasteiger partial charge in [-0.2, -0.15) is 0 Å². The lowest BCUT2D eigenvalue weighted by molar-refractivity contribution is 0.268. The number of rotatable bonds is 4. The third kappa shape index (κ3) is 2.58. The number of nitrogens with zero attached hydrogens (tertiary/aromatic N) is 2. The molecule has 0 saturated heterocycles. The van der Waals surface area contributed by atoms with Gasteiger partial charge in [-0.1, -0.05) is 18.2 Å². The van der Waals surface area contributed by atoms with Gasteiger partial charge in [0.05, 0.1) is 18.8 Å². The second-order valence-corrected chi connectivity index (χ2v) is 3.38. The molecule has 5 nitrogen and oxygen atoms in total. The third-order valence-electron chi connectivity index (χ3n) is 2.27. The molecule has 5 heteroatoms. The molecule has 0 saturated carbocycles. The molecular weight excluding hydrogens is 220 g/mol. The molecule has 0 amide bonds. The summed E-state index contributed by atoms with van der Waals surface area (Å²) >= 11 is 0. The third-order valence-corrected chi connectivity index (χ3v) is 2.27. The van der Waals surface area contributed by atoms with E-state index in [1.165, 1.54) is 12.5 Å². The van der Waals surface area contributed by atoms with E-state index in [0.717, 1.165) is 0 Å². The highest BCUT2D eigenvalue weighted by atomic mass is 16.5. The molecule has 0 radical (unpaired) electrons. The number of ether oxygens (including phenoxy) is 1. The monoisotopic (exact) mass is 232 g/mol. The van der Waals surface area contributed by atoms with Crippen molar-refractivity contribution in [2.45, 2.75) is 13.2 Å². The Bertz CT molecular complexity index is 457. The predicted molar refractivity (Wildman–Crippen MR) is 60.4 cm³/mol. The molecule has 1 heterocycles. The number of aliphatic hydroxyl groups excluding tert-OH is 2. The van der Waals surface area contributed by atoms with Crippen LogP contribution in [0.2, 0.25) is 0 Å². The average Bonchev–Trinajstić information content (AvgIpc) is 2.40. The van der Waals surface area contributed by atoms with Crippen LogP contribution in [0.4, 0.5) is 0 Å². The SMILES string of the molecule is OCc1ccccc1Oc1ncncc1CO. The fourth-order valence-corrected chi connectivity index (χ4v) is 1.39. The number of aromatic nitrogens is 2. The van der Waals surface area contributed by atoms with Crippen molar-refractivity contribution >= 4 is 0 Å². The number of para-hydroxylation sites is 1. The lowest BCUT2D eigenvalue weighted by Gasteiger charge is -2.10. The molecule has 17 heavy (non-hydrogen) atoms. The van der Waals surface area contributed by atoms with Crippen molar-refractivity contribution in [3.63, 3.8) is 0 Å². The van der Waals surface area contributed by atoms with Crippen molar-refractivity contribution in [2.75, 3.05) is 0 Å². The number of hydrogen-bond donors (Lipinski definition) is 2. The molecule has 0 atom stereocenters. The van der Waals surface area contributed by atoms with Crippen molar-refractivity contribution in [3.05, 3.63) is 47.9 Å². The van der Waals surface area contributed by atoms with Crippen LogP contribution in [-0.4, -0.2) is 20.2 Å². The summed E-state index contributed by atoms with van der Waals surface area (Å²) in [6.45, 7) is -0.312. The van der Waals surface area contributed by atoms with E-state index in [-0.39, 0.29) is 13.2 Å². The lowest BCUT2D eigenvalue weighted by Crippen LogP contribution is -1.98. The second kappa shape index (κ2) is 5.38. The van der Waals surface area contributed by atoms with Gasteiger partial charge >= 0.3 is 0 Å². The average molecular weight is 232 g/mol. The summed E-state index contributed by atoms with van der Waals surface area (Å²) in [5.74, 6) is 0.812. The van der Waals surface area contributed by atoms with Gasteiger partial charge in [0.2, 0.25) is 5.88 Å². The maximum Gasteiger partial charge on any atom is 0.227 e. The maximum absolute atomic E-state index is 9.16. The second-order valence-electron chi connectivity index (χ2n) is 3.38. The largest absolute Gasteiger partial charge is 0.438 e. The van der Waals surface area contributed by atoms with E-state index in [1.807, 2.05) is 6.07 Å². The van der Waals surface area contributed by atoms with E-state index in [4.69, 9.17) is 14.9 Å². The zero-order valence-electron chi connectivity index (χ0n) is 9.08. The highest BCUT2D eigenvalue weighted by Gasteiger charge is 2.08. The van der Waals surface area contributed by atoms with Crippen LogP contribution in [0.3, 0.4) is 0 Å². The summed E-state index contributed by atoms with van der Waals surface area (Å²) in [6, 6.07) is 7.10. The molecule has 0 unspecified atom stereocenters. The molecule has 2 rings (SSSR count). The molecule has 0 spiro atoms. The van der Waals surface area contributed by atoms with E-state index >= 15 is 0 Å². The van der Waals surface area contributed by atoms with Gasteiger partial charge in [-0.15, -0.1) is 0 Å². The number of benzene rings is 1.